The minimum absolute atomic E-state index is 0.00304. The van der Waals surface area contributed by atoms with Gasteiger partial charge >= 0.3 is 6.03 Å². The van der Waals surface area contributed by atoms with Crippen LogP contribution in [0.25, 0.3) is 0 Å². The predicted molar refractivity (Wildman–Crippen MR) is 97.4 cm³/mol. The summed E-state index contributed by atoms with van der Waals surface area (Å²) in [5.41, 5.74) is -0.279. The monoisotopic (exact) mass is 375 g/mol. The normalized spacial score (nSPS) is 22.0. The second-order valence-corrected chi connectivity index (χ2v) is 7.28. The molecule has 4 amide bonds. The Morgan fingerprint density at radius 2 is 2.07 bits per heavy atom. The molecular weight excluding hydrogens is 350 g/mol. The third-order valence-electron chi connectivity index (χ3n) is 4.77. The van der Waals surface area contributed by atoms with Crippen LogP contribution in [0.3, 0.4) is 0 Å². The third kappa shape index (κ3) is 3.99. The molecule has 0 aliphatic carbocycles. The molecule has 0 unspecified atom stereocenters. The lowest BCUT2D eigenvalue weighted by molar-refractivity contribution is -0.134. The fourth-order valence-corrected chi connectivity index (χ4v) is 3.44. The lowest BCUT2D eigenvalue weighted by Gasteiger charge is -2.22. The summed E-state index contributed by atoms with van der Waals surface area (Å²) in [6.45, 7) is 5.48. The van der Waals surface area contributed by atoms with Crippen LogP contribution in [-0.2, 0) is 16.0 Å². The SMILES string of the molecule is CCC[C@H](C)NC(=O)CN1C(=O)N[C@](C)(Cc2ccc3c(c2)OCO3)C1=O. The summed E-state index contributed by atoms with van der Waals surface area (Å²) in [5, 5.41) is 5.53. The maximum Gasteiger partial charge on any atom is 0.325 e. The van der Waals surface area contributed by atoms with Gasteiger partial charge in [-0.15, -0.1) is 0 Å². The van der Waals surface area contributed by atoms with Gasteiger partial charge in [-0.2, -0.15) is 0 Å². The van der Waals surface area contributed by atoms with Crippen LogP contribution in [0.15, 0.2) is 18.2 Å². The molecule has 1 aromatic rings. The molecule has 27 heavy (non-hydrogen) atoms. The molecule has 0 spiro atoms. The number of hydrogen-bond acceptors (Lipinski definition) is 5. The first-order chi connectivity index (χ1) is 12.8. The highest BCUT2D eigenvalue weighted by Gasteiger charge is 2.48. The van der Waals surface area contributed by atoms with Gasteiger partial charge in [0.1, 0.15) is 12.1 Å². The lowest BCUT2D eigenvalue weighted by atomic mass is 9.92. The molecule has 2 aliphatic rings. The zero-order valence-corrected chi connectivity index (χ0v) is 15.8. The second-order valence-electron chi connectivity index (χ2n) is 7.28. The van der Waals surface area contributed by atoms with Crippen LogP contribution in [0, 0.1) is 0 Å². The number of carbonyl (C=O) groups is 3. The largest absolute Gasteiger partial charge is 0.454 e. The fourth-order valence-electron chi connectivity index (χ4n) is 3.44. The van der Waals surface area contributed by atoms with Crippen molar-refractivity contribution < 1.29 is 23.9 Å². The number of benzene rings is 1. The zero-order chi connectivity index (χ0) is 19.6. The Hall–Kier alpha value is -2.77. The first-order valence-electron chi connectivity index (χ1n) is 9.14. The van der Waals surface area contributed by atoms with Gasteiger partial charge in [-0.3, -0.25) is 14.5 Å². The van der Waals surface area contributed by atoms with Gasteiger partial charge in [0.15, 0.2) is 11.5 Å². The minimum Gasteiger partial charge on any atom is -0.454 e. The van der Waals surface area contributed by atoms with Gasteiger partial charge < -0.3 is 20.1 Å². The molecule has 2 atom stereocenters. The van der Waals surface area contributed by atoms with Crippen LogP contribution in [0.2, 0.25) is 0 Å². The van der Waals surface area contributed by atoms with E-state index in [-0.39, 0.29) is 25.3 Å². The molecule has 2 N–H and O–H groups in total. The molecule has 1 fully saturated rings. The van der Waals surface area contributed by atoms with E-state index in [1.807, 2.05) is 19.9 Å². The molecular formula is C19H25N3O5. The van der Waals surface area contributed by atoms with Crippen LogP contribution in [0.4, 0.5) is 4.79 Å². The fraction of sp³-hybridized carbons (Fsp3) is 0.526. The summed E-state index contributed by atoms with van der Waals surface area (Å²) in [7, 11) is 0. The van der Waals surface area contributed by atoms with E-state index in [0.29, 0.717) is 17.9 Å². The van der Waals surface area contributed by atoms with Crippen molar-refractivity contribution >= 4 is 17.8 Å². The molecule has 2 aliphatic heterocycles. The first kappa shape index (κ1) is 19.0. The molecule has 8 heteroatoms. The molecule has 2 heterocycles. The van der Waals surface area contributed by atoms with Gasteiger partial charge in [0, 0.05) is 12.5 Å². The van der Waals surface area contributed by atoms with Crippen molar-refractivity contribution in [3.8, 4) is 11.5 Å². The number of nitrogens with one attached hydrogen (secondary N) is 2. The van der Waals surface area contributed by atoms with E-state index in [4.69, 9.17) is 9.47 Å². The van der Waals surface area contributed by atoms with E-state index in [1.165, 1.54) is 0 Å². The Bertz CT molecular complexity index is 766. The Kier molecular flexibility index (Phi) is 5.25. The van der Waals surface area contributed by atoms with E-state index in [1.54, 1.807) is 19.1 Å². The molecule has 8 nitrogen and oxygen atoms in total. The number of imide groups is 1. The highest BCUT2D eigenvalue weighted by Crippen LogP contribution is 2.34. The van der Waals surface area contributed by atoms with Crippen LogP contribution >= 0.6 is 0 Å². The van der Waals surface area contributed by atoms with Gasteiger partial charge in [-0.25, -0.2) is 4.79 Å². The van der Waals surface area contributed by atoms with E-state index in [2.05, 4.69) is 10.6 Å². The summed E-state index contributed by atoms with van der Waals surface area (Å²) >= 11 is 0. The quantitative estimate of drug-likeness (QED) is 0.705. The zero-order valence-electron chi connectivity index (χ0n) is 15.8. The Morgan fingerprint density at radius 3 is 2.81 bits per heavy atom. The number of hydrogen-bond donors (Lipinski definition) is 2. The number of fused-ring (bicyclic) bond motifs is 1. The van der Waals surface area contributed by atoms with Crippen molar-refractivity contribution in [1.29, 1.82) is 0 Å². The minimum atomic E-state index is -1.11. The Morgan fingerprint density at radius 1 is 1.33 bits per heavy atom. The predicted octanol–water partition coefficient (Wildman–Crippen LogP) is 1.57. The van der Waals surface area contributed by atoms with Gasteiger partial charge in [-0.05, 0) is 38.0 Å². The average Bonchev–Trinajstić information content (AvgIpc) is 3.13. The molecule has 0 aromatic heterocycles. The van der Waals surface area contributed by atoms with Crippen molar-refractivity contribution in [1.82, 2.24) is 15.5 Å². The first-order valence-corrected chi connectivity index (χ1v) is 9.14. The van der Waals surface area contributed by atoms with Crippen LogP contribution in [0.1, 0.15) is 39.2 Å². The number of carbonyl (C=O) groups excluding carboxylic acids is 3. The van der Waals surface area contributed by atoms with Gasteiger partial charge in [0.25, 0.3) is 5.91 Å². The molecule has 146 valence electrons. The second kappa shape index (κ2) is 7.46. The Balaban J connectivity index is 1.66. The lowest BCUT2D eigenvalue weighted by Crippen LogP contribution is -2.47. The van der Waals surface area contributed by atoms with Crippen LogP contribution in [-0.4, -0.2) is 47.7 Å². The number of nitrogens with zero attached hydrogens (tertiary/aromatic N) is 1. The summed E-state index contributed by atoms with van der Waals surface area (Å²) in [6, 6.07) is 4.86. The highest BCUT2D eigenvalue weighted by atomic mass is 16.7. The Labute approximate surface area is 158 Å². The van der Waals surface area contributed by atoms with Crippen molar-refractivity contribution in [2.75, 3.05) is 13.3 Å². The standard InChI is InChI=1S/C19H25N3O5/c1-4-5-12(2)20-16(23)10-22-17(24)19(3,21-18(22)25)9-13-6-7-14-15(8-13)27-11-26-14/h6-8,12H,4-5,9-11H2,1-3H3,(H,20,23)(H,21,25)/t12-,19+/m0/s1. The maximum atomic E-state index is 12.8. The summed E-state index contributed by atoms with van der Waals surface area (Å²) < 4.78 is 10.6. The average molecular weight is 375 g/mol. The number of urea groups is 1. The topological polar surface area (TPSA) is 97.0 Å². The maximum absolute atomic E-state index is 12.8. The molecule has 0 radical (unpaired) electrons. The van der Waals surface area contributed by atoms with Gasteiger partial charge in [0.05, 0.1) is 0 Å². The van der Waals surface area contributed by atoms with Crippen molar-refractivity contribution in [3.63, 3.8) is 0 Å². The summed E-state index contributed by atoms with van der Waals surface area (Å²) in [5.74, 6) is 0.523. The van der Waals surface area contributed by atoms with Crippen LogP contribution in [0.5, 0.6) is 11.5 Å². The molecule has 1 aromatic carbocycles. The summed E-state index contributed by atoms with van der Waals surface area (Å²) in [6.07, 6.45) is 2.07. The van der Waals surface area contributed by atoms with Crippen LogP contribution < -0.4 is 20.1 Å². The van der Waals surface area contributed by atoms with E-state index >= 15 is 0 Å². The molecule has 0 saturated carbocycles. The summed E-state index contributed by atoms with van der Waals surface area (Å²) in [4.78, 5) is 38.3. The van der Waals surface area contributed by atoms with Gasteiger partial charge in [0.2, 0.25) is 12.7 Å². The number of ether oxygens (including phenoxy) is 2. The van der Waals surface area contributed by atoms with E-state index in [0.717, 1.165) is 23.3 Å². The van der Waals surface area contributed by atoms with E-state index < -0.39 is 17.5 Å². The van der Waals surface area contributed by atoms with Gasteiger partial charge in [-0.1, -0.05) is 19.4 Å². The van der Waals surface area contributed by atoms with E-state index in [9.17, 15) is 14.4 Å². The molecule has 1 saturated heterocycles. The van der Waals surface area contributed by atoms with Crippen molar-refractivity contribution in [2.45, 2.75) is 51.6 Å². The van der Waals surface area contributed by atoms with Crippen molar-refractivity contribution in [3.05, 3.63) is 23.8 Å². The smallest absolute Gasteiger partial charge is 0.325 e. The third-order valence-corrected chi connectivity index (χ3v) is 4.77. The highest BCUT2D eigenvalue weighted by molar-refractivity contribution is 6.08. The number of amides is 4. The number of rotatable bonds is 7. The molecule has 0 bridgehead atoms. The molecule has 3 rings (SSSR count). The van der Waals surface area contributed by atoms with Crippen molar-refractivity contribution in [2.24, 2.45) is 0 Å².